The number of alkyl halides is 4. The van der Waals surface area contributed by atoms with Gasteiger partial charge >= 0.3 is 12.3 Å². The summed E-state index contributed by atoms with van der Waals surface area (Å²) in [5.41, 5.74) is -0.508. The Morgan fingerprint density at radius 2 is 1.77 bits per heavy atom. The van der Waals surface area contributed by atoms with E-state index < -0.39 is 42.4 Å². The summed E-state index contributed by atoms with van der Waals surface area (Å²) < 4.78 is 59.7. The summed E-state index contributed by atoms with van der Waals surface area (Å²) in [7, 11) is 0. The van der Waals surface area contributed by atoms with Gasteiger partial charge in [0.1, 0.15) is 19.1 Å². The van der Waals surface area contributed by atoms with E-state index in [-0.39, 0.29) is 23.6 Å². The maximum absolute atomic E-state index is 13.4. The lowest BCUT2D eigenvalue weighted by Crippen LogP contribution is -2.42. The fourth-order valence-electron chi connectivity index (χ4n) is 3.88. The van der Waals surface area contributed by atoms with Gasteiger partial charge in [0.2, 0.25) is 0 Å². The van der Waals surface area contributed by atoms with E-state index in [1.165, 1.54) is 6.07 Å². The van der Waals surface area contributed by atoms with Crippen molar-refractivity contribution in [2.24, 2.45) is 5.92 Å². The normalized spacial score (nSPS) is 13.6. The number of nitrogens with one attached hydrogen (secondary N) is 1. The Bertz CT molecular complexity index is 1280. The molecule has 0 aliphatic heterocycles. The first-order valence-electron chi connectivity index (χ1n) is 10.8. The summed E-state index contributed by atoms with van der Waals surface area (Å²) in [6.07, 6.45) is -6.47. The molecule has 0 radical (unpaired) electrons. The molecular formula is C25H24F4N2O4. The number of ketones is 1. The molecule has 0 aliphatic carbocycles. The number of rotatable bonds is 9. The summed E-state index contributed by atoms with van der Waals surface area (Å²) >= 11 is 0. The summed E-state index contributed by atoms with van der Waals surface area (Å²) in [5, 5.41) is 3.65. The standard InChI is InChI=1S/C25H24F4N2O4/c1-14(2)23(15(3)30-19(10-11-32)22(33)13-26)35-24(34)31-20-7-5-4-6-17(20)18-9-8-16(12-21(18)31)25(27,28)29/h4-9,11-12,14,19,23,30H,3,10,13H2,1-2H3. The van der Waals surface area contributed by atoms with Crippen LogP contribution in [0.1, 0.15) is 25.8 Å². The molecule has 0 saturated carbocycles. The van der Waals surface area contributed by atoms with Crippen LogP contribution >= 0.6 is 0 Å². The molecular weight excluding hydrogens is 468 g/mol. The molecule has 3 rings (SSSR count). The van der Waals surface area contributed by atoms with Gasteiger partial charge in [0.25, 0.3) is 0 Å². The minimum absolute atomic E-state index is 0.0125. The molecule has 0 fully saturated rings. The Labute approximate surface area is 198 Å². The van der Waals surface area contributed by atoms with Crippen LogP contribution in [0, 0.1) is 5.92 Å². The Morgan fingerprint density at radius 3 is 2.37 bits per heavy atom. The highest BCUT2D eigenvalue weighted by atomic mass is 19.4. The van der Waals surface area contributed by atoms with Gasteiger partial charge in [-0.25, -0.2) is 13.8 Å². The van der Waals surface area contributed by atoms with Crippen LogP contribution in [0.4, 0.5) is 22.4 Å². The van der Waals surface area contributed by atoms with Crippen molar-refractivity contribution in [3.63, 3.8) is 0 Å². The molecule has 0 amide bonds. The van der Waals surface area contributed by atoms with Crippen molar-refractivity contribution in [3.05, 3.63) is 60.3 Å². The van der Waals surface area contributed by atoms with Crippen molar-refractivity contribution in [1.29, 1.82) is 0 Å². The van der Waals surface area contributed by atoms with Crippen LogP contribution in [-0.2, 0) is 20.5 Å². The number of aldehydes is 1. The molecule has 2 unspecified atom stereocenters. The molecule has 6 nitrogen and oxygen atoms in total. The van der Waals surface area contributed by atoms with Crippen LogP contribution in [0.3, 0.4) is 0 Å². The van der Waals surface area contributed by atoms with E-state index in [4.69, 9.17) is 4.74 Å². The number of ether oxygens (including phenoxy) is 1. The molecule has 1 heterocycles. The van der Waals surface area contributed by atoms with Gasteiger partial charge in [0, 0.05) is 22.9 Å². The predicted octanol–water partition coefficient (Wildman–Crippen LogP) is 5.42. The van der Waals surface area contributed by atoms with E-state index in [1.54, 1.807) is 38.1 Å². The molecule has 0 bridgehead atoms. The number of carbonyl (C=O) groups excluding carboxylic acids is 3. The van der Waals surface area contributed by atoms with Crippen LogP contribution in [0.2, 0.25) is 0 Å². The van der Waals surface area contributed by atoms with E-state index >= 15 is 0 Å². The SMILES string of the molecule is C=C(NC(CC=O)C(=O)CF)C(OC(=O)n1c2ccccc2c2ccc(C(F)(F)F)cc21)C(C)C. The quantitative estimate of drug-likeness (QED) is 0.319. The van der Waals surface area contributed by atoms with Crippen molar-refractivity contribution in [1.82, 2.24) is 9.88 Å². The Kier molecular flexibility index (Phi) is 7.62. The second kappa shape index (κ2) is 10.3. The minimum Gasteiger partial charge on any atom is -0.439 e. The number of benzene rings is 2. The maximum Gasteiger partial charge on any atom is 0.419 e. The van der Waals surface area contributed by atoms with Crippen molar-refractivity contribution < 1.29 is 36.7 Å². The molecule has 35 heavy (non-hydrogen) atoms. The summed E-state index contributed by atoms with van der Waals surface area (Å²) in [5.74, 6) is -1.25. The third-order valence-electron chi connectivity index (χ3n) is 5.57. The number of halogens is 4. The van der Waals surface area contributed by atoms with E-state index in [2.05, 4.69) is 11.9 Å². The number of hydrogen-bond acceptors (Lipinski definition) is 5. The first-order chi connectivity index (χ1) is 16.5. The van der Waals surface area contributed by atoms with Gasteiger partial charge in [0.15, 0.2) is 5.78 Å². The van der Waals surface area contributed by atoms with Gasteiger partial charge in [-0.2, -0.15) is 13.2 Å². The molecule has 2 aromatic carbocycles. The van der Waals surface area contributed by atoms with Gasteiger partial charge < -0.3 is 14.8 Å². The van der Waals surface area contributed by atoms with Gasteiger partial charge in [-0.1, -0.05) is 44.7 Å². The summed E-state index contributed by atoms with van der Waals surface area (Å²) in [4.78, 5) is 36.0. The average molecular weight is 492 g/mol. The zero-order valence-corrected chi connectivity index (χ0v) is 19.1. The fourth-order valence-corrected chi connectivity index (χ4v) is 3.88. The first kappa shape index (κ1) is 25.9. The molecule has 186 valence electrons. The highest BCUT2D eigenvalue weighted by Gasteiger charge is 2.32. The van der Waals surface area contributed by atoms with Crippen LogP contribution in [-0.4, -0.2) is 41.6 Å². The molecule has 0 spiro atoms. The highest BCUT2D eigenvalue weighted by molar-refractivity contribution is 6.12. The third kappa shape index (κ3) is 5.36. The van der Waals surface area contributed by atoms with E-state index in [9.17, 15) is 31.9 Å². The van der Waals surface area contributed by atoms with Crippen LogP contribution < -0.4 is 5.32 Å². The van der Waals surface area contributed by atoms with Crippen LogP contribution in [0.15, 0.2) is 54.7 Å². The maximum atomic E-state index is 13.4. The Balaban J connectivity index is 2.02. The number of aromatic nitrogens is 1. The van der Waals surface area contributed by atoms with E-state index in [1.807, 2.05) is 0 Å². The third-order valence-corrected chi connectivity index (χ3v) is 5.57. The van der Waals surface area contributed by atoms with Crippen molar-refractivity contribution in [2.45, 2.75) is 38.6 Å². The molecule has 2 atom stereocenters. The lowest BCUT2D eigenvalue weighted by Gasteiger charge is -2.27. The van der Waals surface area contributed by atoms with Crippen molar-refractivity contribution in [3.8, 4) is 0 Å². The van der Waals surface area contributed by atoms with E-state index in [0.717, 1.165) is 16.7 Å². The first-order valence-corrected chi connectivity index (χ1v) is 10.8. The summed E-state index contributed by atoms with van der Waals surface area (Å²) in [6, 6.07) is 8.55. The van der Waals surface area contributed by atoms with Gasteiger partial charge in [-0.05, 0) is 24.1 Å². The molecule has 1 aromatic heterocycles. The molecule has 0 aliphatic rings. The zero-order chi connectivity index (χ0) is 25.9. The van der Waals surface area contributed by atoms with Crippen molar-refractivity contribution >= 4 is 40.0 Å². The largest absolute Gasteiger partial charge is 0.439 e. The summed E-state index contributed by atoms with van der Waals surface area (Å²) in [6.45, 7) is 5.88. The predicted molar refractivity (Wildman–Crippen MR) is 123 cm³/mol. The Hall–Kier alpha value is -3.69. The lowest BCUT2D eigenvalue weighted by molar-refractivity contribution is -0.137. The second-order valence-corrected chi connectivity index (χ2v) is 8.36. The second-order valence-electron chi connectivity index (χ2n) is 8.36. The van der Waals surface area contributed by atoms with Crippen molar-refractivity contribution in [2.75, 3.05) is 6.67 Å². The van der Waals surface area contributed by atoms with Gasteiger partial charge in [0.05, 0.1) is 22.6 Å². The number of fused-ring (bicyclic) bond motifs is 3. The molecule has 10 heteroatoms. The molecule has 1 N–H and O–H groups in total. The molecule has 0 saturated heterocycles. The minimum atomic E-state index is -4.62. The number of Topliss-reactive ketones (excluding diaryl/α,β-unsaturated/α-hetero) is 1. The topological polar surface area (TPSA) is 77.4 Å². The number of carbonyl (C=O) groups is 3. The monoisotopic (exact) mass is 492 g/mol. The van der Waals surface area contributed by atoms with Crippen LogP contribution in [0.5, 0.6) is 0 Å². The molecule has 3 aromatic rings. The van der Waals surface area contributed by atoms with Gasteiger partial charge in [-0.15, -0.1) is 0 Å². The smallest absolute Gasteiger partial charge is 0.419 e. The van der Waals surface area contributed by atoms with Gasteiger partial charge in [-0.3, -0.25) is 4.79 Å². The number of nitrogens with zero attached hydrogens (tertiary/aromatic N) is 1. The Morgan fingerprint density at radius 1 is 1.11 bits per heavy atom. The fraction of sp³-hybridized carbons (Fsp3) is 0.320. The average Bonchev–Trinajstić information content (AvgIpc) is 3.14. The van der Waals surface area contributed by atoms with E-state index in [0.29, 0.717) is 22.6 Å². The highest BCUT2D eigenvalue weighted by Crippen LogP contribution is 2.35. The van der Waals surface area contributed by atoms with Crippen LogP contribution in [0.25, 0.3) is 21.8 Å². The number of para-hydroxylation sites is 1. The number of hydrogen-bond donors (Lipinski definition) is 1. The lowest BCUT2D eigenvalue weighted by atomic mass is 10.0. The zero-order valence-electron chi connectivity index (χ0n) is 19.1.